The van der Waals surface area contributed by atoms with E-state index in [1.54, 1.807) is 12.1 Å². The van der Waals surface area contributed by atoms with E-state index in [0.717, 1.165) is 23.1 Å². The first-order chi connectivity index (χ1) is 9.11. The van der Waals surface area contributed by atoms with Crippen molar-refractivity contribution < 1.29 is 9.90 Å². The predicted octanol–water partition coefficient (Wildman–Crippen LogP) is 3.47. The topological polar surface area (TPSA) is 49.3 Å². The molecule has 3 rings (SSSR count). The van der Waals surface area contributed by atoms with Crippen LogP contribution in [0, 0.1) is 24.7 Å². The van der Waals surface area contributed by atoms with Gasteiger partial charge in [0.25, 0.3) is 0 Å². The van der Waals surface area contributed by atoms with Crippen molar-refractivity contribution in [2.24, 2.45) is 17.8 Å². The molecule has 0 radical (unpaired) electrons. The molecule has 3 atom stereocenters. The molecule has 0 heterocycles. The van der Waals surface area contributed by atoms with Crippen molar-refractivity contribution >= 4 is 11.6 Å². The summed E-state index contributed by atoms with van der Waals surface area (Å²) in [5, 5.41) is 12.4. The molecule has 0 aromatic heterocycles. The average Bonchev–Trinajstić information content (AvgIpc) is 2.96. The molecule has 2 fully saturated rings. The molecule has 1 amide bonds. The number of benzene rings is 1. The molecule has 102 valence electrons. The van der Waals surface area contributed by atoms with E-state index < -0.39 is 0 Å². The predicted molar refractivity (Wildman–Crippen MR) is 75.0 cm³/mol. The quantitative estimate of drug-likeness (QED) is 0.817. The standard InChI is InChI=1S/C16H21NO2/c1-10-6-14(4-5-15(10)18)17-16(19)9-13-8-11-2-3-12(13)7-11/h4-6,11-13,18H,2-3,7-9H2,1H3,(H,17,19). The number of fused-ring (bicyclic) bond motifs is 2. The molecule has 2 aliphatic carbocycles. The third-order valence-corrected chi connectivity index (χ3v) is 4.81. The molecule has 3 unspecified atom stereocenters. The van der Waals surface area contributed by atoms with Gasteiger partial charge in [0.15, 0.2) is 0 Å². The molecule has 2 N–H and O–H groups in total. The van der Waals surface area contributed by atoms with Gasteiger partial charge in [0, 0.05) is 12.1 Å². The molecule has 2 aliphatic rings. The van der Waals surface area contributed by atoms with Crippen LogP contribution in [0.2, 0.25) is 0 Å². The number of nitrogens with one attached hydrogen (secondary N) is 1. The molecule has 1 aromatic rings. The molecule has 0 aliphatic heterocycles. The van der Waals surface area contributed by atoms with Crippen LogP contribution in [0.3, 0.4) is 0 Å². The molecule has 3 heteroatoms. The van der Waals surface area contributed by atoms with Gasteiger partial charge in [-0.2, -0.15) is 0 Å². The number of aromatic hydroxyl groups is 1. The van der Waals surface area contributed by atoms with Gasteiger partial charge in [0.2, 0.25) is 5.91 Å². The summed E-state index contributed by atoms with van der Waals surface area (Å²) in [5.41, 5.74) is 1.57. The second kappa shape index (κ2) is 4.87. The van der Waals surface area contributed by atoms with E-state index in [2.05, 4.69) is 5.32 Å². The van der Waals surface area contributed by atoms with Gasteiger partial charge in [-0.3, -0.25) is 4.79 Å². The fraction of sp³-hybridized carbons (Fsp3) is 0.562. The Kier molecular flexibility index (Phi) is 3.21. The Morgan fingerprint density at radius 2 is 2.21 bits per heavy atom. The van der Waals surface area contributed by atoms with E-state index in [0.29, 0.717) is 12.3 Å². The summed E-state index contributed by atoms with van der Waals surface area (Å²) in [6.07, 6.45) is 5.94. The summed E-state index contributed by atoms with van der Waals surface area (Å²) >= 11 is 0. The molecule has 3 nitrogen and oxygen atoms in total. The number of aryl methyl sites for hydroxylation is 1. The molecule has 19 heavy (non-hydrogen) atoms. The lowest BCUT2D eigenvalue weighted by Crippen LogP contribution is -2.20. The minimum Gasteiger partial charge on any atom is -0.508 e. The Hall–Kier alpha value is -1.51. The summed E-state index contributed by atoms with van der Waals surface area (Å²) in [6.45, 7) is 1.83. The Labute approximate surface area is 114 Å². The maximum Gasteiger partial charge on any atom is 0.224 e. The zero-order chi connectivity index (χ0) is 13.4. The van der Waals surface area contributed by atoms with Crippen LogP contribution in [0.5, 0.6) is 5.75 Å². The number of hydrogen-bond acceptors (Lipinski definition) is 2. The fourth-order valence-electron chi connectivity index (χ4n) is 3.81. The van der Waals surface area contributed by atoms with E-state index in [9.17, 15) is 9.90 Å². The number of rotatable bonds is 3. The highest BCUT2D eigenvalue weighted by atomic mass is 16.3. The van der Waals surface area contributed by atoms with Crippen molar-refractivity contribution in [1.82, 2.24) is 0 Å². The SMILES string of the molecule is Cc1cc(NC(=O)CC2CC3CCC2C3)ccc1O. The number of hydrogen-bond donors (Lipinski definition) is 2. The molecule has 1 aromatic carbocycles. The van der Waals surface area contributed by atoms with Gasteiger partial charge in [-0.05, 0) is 67.7 Å². The first kappa shape index (κ1) is 12.5. The first-order valence-corrected chi connectivity index (χ1v) is 7.21. The van der Waals surface area contributed by atoms with Gasteiger partial charge in [-0.15, -0.1) is 0 Å². The van der Waals surface area contributed by atoms with Gasteiger partial charge in [-0.1, -0.05) is 6.42 Å². The summed E-state index contributed by atoms with van der Waals surface area (Å²) in [6, 6.07) is 5.19. The number of phenolic OH excluding ortho intramolecular Hbond substituents is 1. The van der Waals surface area contributed by atoms with Crippen LogP contribution in [0.15, 0.2) is 18.2 Å². The van der Waals surface area contributed by atoms with E-state index in [1.165, 1.54) is 25.7 Å². The number of carbonyl (C=O) groups excluding carboxylic acids is 1. The van der Waals surface area contributed by atoms with Crippen LogP contribution in [0.4, 0.5) is 5.69 Å². The molecule has 2 saturated carbocycles. The molecular weight excluding hydrogens is 238 g/mol. The number of amides is 1. The molecule has 0 spiro atoms. The molecule has 2 bridgehead atoms. The summed E-state index contributed by atoms with van der Waals surface area (Å²) < 4.78 is 0. The van der Waals surface area contributed by atoms with E-state index in [4.69, 9.17) is 0 Å². The van der Waals surface area contributed by atoms with E-state index >= 15 is 0 Å². The summed E-state index contributed by atoms with van der Waals surface area (Å²) in [7, 11) is 0. The van der Waals surface area contributed by atoms with Gasteiger partial charge in [0.05, 0.1) is 0 Å². The van der Waals surface area contributed by atoms with Crippen molar-refractivity contribution in [2.45, 2.75) is 39.0 Å². The fourth-order valence-corrected chi connectivity index (χ4v) is 3.81. The smallest absolute Gasteiger partial charge is 0.224 e. The Balaban J connectivity index is 1.57. The van der Waals surface area contributed by atoms with E-state index in [1.807, 2.05) is 13.0 Å². The summed E-state index contributed by atoms with van der Waals surface area (Å²) in [4.78, 5) is 12.1. The highest BCUT2D eigenvalue weighted by molar-refractivity contribution is 5.91. The highest BCUT2D eigenvalue weighted by Gasteiger charge is 2.40. The highest BCUT2D eigenvalue weighted by Crippen LogP contribution is 2.49. The van der Waals surface area contributed by atoms with Crippen LogP contribution in [0.1, 0.15) is 37.7 Å². The lowest BCUT2D eigenvalue weighted by atomic mass is 9.86. The van der Waals surface area contributed by atoms with Crippen LogP contribution < -0.4 is 5.32 Å². The lowest BCUT2D eigenvalue weighted by Gasteiger charge is -2.20. The summed E-state index contributed by atoms with van der Waals surface area (Å²) in [5.74, 6) is 2.65. The second-order valence-electron chi connectivity index (χ2n) is 6.19. The van der Waals surface area contributed by atoms with Crippen LogP contribution >= 0.6 is 0 Å². The third-order valence-electron chi connectivity index (χ3n) is 4.81. The maximum atomic E-state index is 12.1. The third kappa shape index (κ3) is 2.60. The van der Waals surface area contributed by atoms with Gasteiger partial charge >= 0.3 is 0 Å². The van der Waals surface area contributed by atoms with Crippen molar-refractivity contribution in [3.63, 3.8) is 0 Å². The Morgan fingerprint density at radius 1 is 1.37 bits per heavy atom. The number of anilines is 1. The lowest BCUT2D eigenvalue weighted by molar-refractivity contribution is -0.117. The largest absolute Gasteiger partial charge is 0.508 e. The van der Waals surface area contributed by atoms with E-state index in [-0.39, 0.29) is 11.7 Å². The normalized spacial score (nSPS) is 28.6. The van der Waals surface area contributed by atoms with Crippen LogP contribution in [-0.2, 0) is 4.79 Å². The molecular formula is C16H21NO2. The van der Waals surface area contributed by atoms with Gasteiger partial charge < -0.3 is 10.4 Å². The van der Waals surface area contributed by atoms with Crippen molar-refractivity contribution in [3.8, 4) is 5.75 Å². The minimum atomic E-state index is 0.114. The zero-order valence-corrected chi connectivity index (χ0v) is 11.4. The Morgan fingerprint density at radius 3 is 2.84 bits per heavy atom. The molecule has 0 saturated heterocycles. The second-order valence-corrected chi connectivity index (χ2v) is 6.19. The zero-order valence-electron chi connectivity index (χ0n) is 11.4. The van der Waals surface area contributed by atoms with Crippen LogP contribution in [0.25, 0.3) is 0 Å². The van der Waals surface area contributed by atoms with Gasteiger partial charge in [-0.25, -0.2) is 0 Å². The number of carbonyl (C=O) groups is 1. The minimum absolute atomic E-state index is 0.114. The monoisotopic (exact) mass is 259 g/mol. The van der Waals surface area contributed by atoms with Crippen LogP contribution in [-0.4, -0.2) is 11.0 Å². The maximum absolute atomic E-state index is 12.1. The average molecular weight is 259 g/mol. The first-order valence-electron chi connectivity index (χ1n) is 7.21. The van der Waals surface area contributed by atoms with Gasteiger partial charge in [0.1, 0.15) is 5.75 Å². The van der Waals surface area contributed by atoms with Crippen molar-refractivity contribution in [2.75, 3.05) is 5.32 Å². The Bertz CT molecular complexity index is 498. The van der Waals surface area contributed by atoms with Crippen molar-refractivity contribution in [3.05, 3.63) is 23.8 Å². The number of phenols is 1. The van der Waals surface area contributed by atoms with Crippen molar-refractivity contribution in [1.29, 1.82) is 0 Å².